The number of aliphatic hydroxyl groups excluding tert-OH is 1. The SMILES string of the molecule is Cc1cc([C@H](C(=O)N2C[C@H](O)C[C@H]2C(=O)N[C@@H](CC(=O)N2CCC(N3CCC(C#Cc4ccc(C5CCN(C6=Nn7c(nnc7C(F)(F)F)CC6)CC5)cc4)CC3)CC2)c2ccc(-c3scnc3C)cc2)C(C)C)on1. The third-order valence-corrected chi connectivity index (χ3v) is 17.0. The van der Waals surface area contributed by atoms with E-state index in [9.17, 15) is 32.7 Å². The first-order valence-corrected chi connectivity index (χ1v) is 27.6. The number of halogens is 3. The first kappa shape index (κ1) is 53.0. The highest BCUT2D eigenvalue weighted by atomic mass is 32.1. The number of β-amino-alcohol motifs (C(OH)–C–C–N with tert-alkyl or cyclic N) is 1. The minimum Gasteiger partial charge on any atom is -0.391 e. The molecule has 5 aliphatic heterocycles. The molecule has 16 nitrogen and oxygen atoms in total. The minimum atomic E-state index is -4.61. The van der Waals surface area contributed by atoms with Crippen LogP contribution in [0.15, 0.2) is 69.7 Å². The highest BCUT2D eigenvalue weighted by Gasteiger charge is 2.44. The number of aliphatic hydroxyl groups is 1. The molecular formula is C56H66F3N11O5S. The number of nitrogens with one attached hydrogen (secondary N) is 1. The van der Waals surface area contributed by atoms with E-state index < -0.39 is 42.0 Å². The van der Waals surface area contributed by atoms with E-state index in [0.717, 1.165) is 96.6 Å². The van der Waals surface area contributed by atoms with Crippen LogP contribution in [0, 0.1) is 37.5 Å². The van der Waals surface area contributed by atoms with Crippen LogP contribution in [0.4, 0.5) is 13.2 Å². The molecule has 402 valence electrons. The summed E-state index contributed by atoms with van der Waals surface area (Å²) in [5.41, 5.74) is 7.38. The molecule has 0 spiro atoms. The number of hydrogen-bond donors (Lipinski definition) is 2. The summed E-state index contributed by atoms with van der Waals surface area (Å²) in [6, 6.07) is 16.9. The van der Waals surface area contributed by atoms with E-state index in [-0.39, 0.29) is 42.9 Å². The molecule has 20 heteroatoms. The Kier molecular flexibility index (Phi) is 15.8. The van der Waals surface area contributed by atoms with Crippen molar-refractivity contribution >= 4 is 34.9 Å². The number of amides is 3. The van der Waals surface area contributed by atoms with Gasteiger partial charge in [0.05, 0.1) is 40.3 Å². The van der Waals surface area contributed by atoms with Crippen molar-refractivity contribution in [1.82, 2.24) is 49.9 Å². The third-order valence-electron chi connectivity index (χ3n) is 16.0. The molecular weight excluding hydrogens is 996 g/mol. The number of thiazole rings is 1. The topological polar surface area (TPSA) is 178 Å². The van der Waals surface area contributed by atoms with Gasteiger partial charge in [0.15, 0.2) is 5.82 Å². The highest BCUT2D eigenvalue weighted by Crippen LogP contribution is 2.35. The maximum atomic E-state index is 14.4. The molecule has 3 aromatic heterocycles. The Bertz CT molecular complexity index is 2950. The van der Waals surface area contributed by atoms with Crippen molar-refractivity contribution in [3.8, 4) is 22.3 Å². The van der Waals surface area contributed by atoms with Crippen molar-refractivity contribution in [2.75, 3.05) is 45.8 Å². The Morgan fingerprint density at radius 1 is 0.908 bits per heavy atom. The number of likely N-dealkylation sites (tertiary alicyclic amines) is 4. The number of nitrogens with zero attached hydrogens (tertiary/aromatic N) is 10. The summed E-state index contributed by atoms with van der Waals surface area (Å²) in [6.07, 6.45) is 0.972. The predicted octanol–water partition coefficient (Wildman–Crippen LogP) is 7.72. The number of amidine groups is 1. The van der Waals surface area contributed by atoms with Gasteiger partial charge in [-0.15, -0.1) is 21.5 Å². The fourth-order valence-electron chi connectivity index (χ4n) is 11.8. The van der Waals surface area contributed by atoms with Crippen molar-refractivity contribution in [2.24, 2.45) is 16.9 Å². The van der Waals surface area contributed by atoms with E-state index in [0.29, 0.717) is 61.1 Å². The highest BCUT2D eigenvalue weighted by molar-refractivity contribution is 7.13. The normalized spacial score (nSPS) is 21.0. The van der Waals surface area contributed by atoms with Crippen LogP contribution in [0.3, 0.4) is 0 Å². The first-order chi connectivity index (χ1) is 36.6. The zero-order valence-electron chi connectivity index (χ0n) is 43.5. The summed E-state index contributed by atoms with van der Waals surface area (Å²) in [6.45, 7) is 12.2. The molecule has 0 aliphatic carbocycles. The summed E-state index contributed by atoms with van der Waals surface area (Å²) in [5.74, 6) is 6.23. The lowest BCUT2D eigenvalue weighted by molar-refractivity contribution is -0.147. The van der Waals surface area contributed by atoms with Gasteiger partial charge >= 0.3 is 6.18 Å². The van der Waals surface area contributed by atoms with Gasteiger partial charge in [0.2, 0.25) is 17.7 Å². The average molecular weight is 1060 g/mol. The van der Waals surface area contributed by atoms with E-state index in [1.165, 1.54) is 10.5 Å². The van der Waals surface area contributed by atoms with Crippen molar-refractivity contribution < 1.29 is 37.2 Å². The molecule has 2 aromatic carbocycles. The van der Waals surface area contributed by atoms with Crippen LogP contribution in [-0.4, -0.2) is 137 Å². The number of rotatable bonds is 11. The number of carbonyl (C=O) groups excluding carboxylic acids is 3. The zero-order chi connectivity index (χ0) is 53.3. The summed E-state index contributed by atoms with van der Waals surface area (Å²) >= 11 is 1.55. The Labute approximate surface area is 445 Å². The molecule has 4 saturated heterocycles. The molecule has 8 heterocycles. The standard InChI is InChI=1S/C56H66F3N11O5S/c1-34(2)51(47-29-35(3)65-75-47)54(74)69-32-44(71)30-46(69)53(73)61-45(41-11-13-42(14-12-41)52-36(4)60-33-76-52)31-50(72)68-27-21-43(22-28-68)66-23-17-38(18-24-66)6-5-37-7-9-39(10-8-37)40-19-25-67(26-20-40)49-16-15-48-62-63-55(56(57,58)59)70(48)64-49/h7-14,29,33-34,38,40,43-46,51,71H,15-28,30-32H2,1-4H3,(H,61,73)/t44-,45+,46+,51-/m1/s1. The van der Waals surface area contributed by atoms with Gasteiger partial charge in [-0.2, -0.15) is 22.9 Å². The number of benzene rings is 2. The molecule has 4 fully saturated rings. The quantitative estimate of drug-likeness (QED) is 0.124. The van der Waals surface area contributed by atoms with Crippen LogP contribution in [-0.2, 0) is 27.0 Å². The lowest BCUT2D eigenvalue weighted by Crippen LogP contribution is -2.50. The lowest BCUT2D eigenvalue weighted by Gasteiger charge is -2.41. The number of piperidine rings is 3. The Morgan fingerprint density at radius 2 is 1.63 bits per heavy atom. The van der Waals surface area contributed by atoms with E-state index >= 15 is 0 Å². The number of aromatic nitrogens is 5. The van der Waals surface area contributed by atoms with Gasteiger partial charge in [0.1, 0.15) is 23.6 Å². The maximum Gasteiger partial charge on any atom is 0.453 e. The Balaban J connectivity index is 0.711. The van der Waals surface area contributed by atoms with E-state index in [1.54, 1.807) is 24.3 Å². The fourth-order valence-corrected chi connectivity index (χ4v) is 12.6. The van der Waals surface area contributed by atoms with Crippen LogP contribution >= 0.6 is 11.3 Å². The minimum absolute atomic E-state index is 0.0104. The molecule has 76 heavy (non-hydrogen) atoms. The molecule has 0 saturated carbocycles. The summed E-state index contributed by atoms with van der Waals surface area (Å²) in [4.78, 5) is 56.3. The van der Waals surface area contributed by atoms with Gasteiger partial charge in [-0.1, -0.05) is 67.2 Å². The van der Waals surface area contributed by atoms with Crippen LogP contribution in [0.5, 0.6) is 0 Å². The van der Waals surface area contributed by atoms with Gasteiger partial charge in [-0.05, 0) is 106 Å². The molecule has 3 amide bonds. The van der Waals surface area contributed by atoms with Gasteiger partial charge in [-0.25, -0.2) is 4.98 Å². The van der Waals surface area contributed by atoms with Crippen molar-refractivity contribution in [2.45, 2.75) is 134 Å². The van der Waals surface area contributed by atoms with Crippen molar-refractivity contribution in [3.05, 3.63) is 106 Å². The van der Waals surface area contributed by atoms with Gasteiger partial charge in [0.25, 0.3) is 5.82 Å². The van der Waals surface area contributed by atoms with E-state index in [4.69, 9.17) is 4.52 Å². The average Bonchev–Trinajstić information content (AvgIpc) is 4.26. The lowest BCUT2D eigenvalue weighted by atomic mass is 9.88. The molecule has 5 aromatic rings. The molecule has 0 unspecified atom stereocenters. The summed E-state index contributed by atoms with van der Waals surface area (Å²) < 4.78 is 46.8. The molecule has 4 atom stereocenters. The summed E-state index contributed by atoms with van der Waals surface area (Å²) in [5, 5.41) is 29.4. The van der Waals surface area contributed by atoms with Crippen LogP contribution in [0.1, 0.15) is 135 Å². The zero-order valence-corrected chi connectivity index (χ0v) is 44.3. The second-order valence-electron chi connectivity index (χ2n) is 21.5. The number of alkyl halides is 3. The molecule has 5 aliphatic rings. The van der Waals surface area contributed by atoms with Crippen LogP contribution in [0.25, 0.3) is 10.4 Å². The molecule has 0 radical (unpaired) electrons. The molecule has 10 rings (SSSR count). The monoisotopic (exact) mass is 1060 g/mol. The number of carbonyl (C=O) groups is 3. The second-order valence-corrected chi connectivity index (χ2v) is 22.3. The first-order valence-electron chi connectivity index (χ1n) is 26.8. The van der Waals surface area contributed by atoms with Crippen LogP contribution in [0.2, 0.25) is 0 Å². The second kappa shape index (κ2) is 22.6. The van der Waals surface area contributed by atoms with E-state index in [2.05, 4.69) is 76.7 Å². The Hall–Kier alpha value is -6.43. The third kappa shape index (κ3) is 11.8. The van der Waals surface area contributed by atoms with Crippen molar-refractivity contribution in [1.29, 1.82) is 0 Å². The molecule has 2 N–H and O–H groups in total. The van der Waals surface area contributed by atoms with Gasteiger partial charge < -0.3 is 34.5 Å². The van der Waals surface area contributed by atoms with Gasteiger partial charge in [-0.3, -0.25) is 14.4 Å². The maximum absolute atomic E-state index is 14.4. The van der Waals surface area contributed by atoms with Crippen LogP contribution < -0.4 is 5.32 Å². The predicted molar refractivity (Wildman–Crippen MR) is 280 cm³/mol. The smallest absolute Gasteiger partial charge is 0.391 e. The summed E-state index contributed by atoms with van der Waals surface area (Å²) in [7, 11) is 0. The Morgan fingerprint density at radius 3 is 2.28 bits per heavy atom. The largest absolute Gasteiger partial charge is 0.453 e. The fraction of sp³-hybridized carbons (Fsp3) is 0.536. The number of hydrogen-bond acceptors (Lipinski definition) is 13. The van der Waals surface area contributed by atoms with E-state index in [1.807, 2.05) is 55.4 Å². The number of aryl methyl sites for hydroxylation is 3. The molecule has 0 bridgehead atoms. The van der Waals surface area contributed by atoms with Crippen molar-refractivity contribution in [3.63, 3.8) is 0 Å². The van der Waals surface area contributed by atoms with Gasteiger partial charge in [0, 0.05) is 75.6 Å². The number of fused-ring (bicyclic) bond motifs is 1.